The molecule has 122 valence electrons. The van der Waals surface area contributed by atoms with Crippen molar-refractivity contribution in [2.75, 3.05) is 7.11 Å². The third-order valence-electron chi connectivity index (χ3n) is 3.25. The Labute approximate surface area is 157 Å². The number of benzene rings is 2. The highest BCUT2D eigenvalue weighted by atomic mass is 79.9. The molecule has 0 fully saturated rings. The van der Waals surface area contributed by atoms with E-state index in [1.54, 1.807) is 30.1 Å². The smallest absolute Gasteiger partial charge is 0.216 e. The number of aromatic nitrogens is 3. The zero-order chi connectivity index (χ0) is 17.1. The van der Waals surface area contributed by atoms with Crippen LogP contribution >= 0.6 is 39.7 Å². The van der Waals surface area contributed by atoms with Crippen molar-refractivity contribution in [2.24, 2.45) is 5.10 Å². The van der Waals surface area contributed by atoms with E-state index in [2.05, 4.69) is 31.2 Å². The Balaban J connectivity index is 1.98. The quantitative estimate of drug-likeness (QED) is 0.479. The largest absolute Gasteiger partial charge is 0.496 e. The first-order valence-electron chi connectivity index (χ1n) is 6.90. The second-order valence-electron chi connectivity index (χ2n) is 4.81. The molecule has 2 aromatic carbocycles. The van der Waals surface area contributed by atoms with E-state index in [9.17, 15) is 0 Å². The molecular weight excluding hydrogens is 412 g/mol. The number of methoxy groups -OCH3 is 1. The van der Waals surface area contributed by atoms with E-state index < -0.39 is 0 Å². The van der Waals surface area contributed by atoms with Gasteiger partial charge in [-0.2, -0.15) is 14.9 Å². The molecule has 0 saturated heterocycles. The molecule has 1 aromatic heterocycles. The first-order chi connectivity index (χ1) is 11.6. The number of halogens is 2. The maximum absolute atomic E-state index is 5.89. The van der Waals surface area contributed by atoms with E-state index in [0.29, 0.717) is 15.6 Å². The molecule has 5 nitrogen and oxygen atoms in total. The summed E-state index contributed by atoms with van der Waals surface area (Å²) < 4.78 is 8.04. The summed E-state index contributed by atoms with van der Waals surface area (Å²) in [6.45, 7) is 0. The van der Waals surface area contributed by atoms with Crippen LogP contribution < -0.4 is 4.74 Å². The molecular formula is C16H12BrClN4OS. The van der Waals surface area contributed by atoms with Crippen LogP contribution in [-0.2, 0) is 0 Å². The molecule has 0 aliphatic carbocycles. The molecule has 8 heteroatoms. The van der Waals surface area contributed by atoms with Crippen LogP contribution in [0, 0.1) is 4.77 Å². The molecule has 3 aromatic rings. The van der Waals surface area contributed by atoms with Gasteiger partial charge in [-0.15, -0.1) is 0 Å². The summed E-state index contributed by atoms with van der Waals surface area (Å²) in [5.74, 6) is 1.35. The number of nitrogens with zero attached hydrogens (tertiary/aromatic N) is 3. The third-order valence-corrected chi connectivity index (χ3v) is 4.39. The minimum Gasteiger partial charge on any atom is -0.496 e. The lowest BCUT2D eigenvalue weighted by Gasteiger charge is -2.05. The Kier molecular flexibility index (Phi) is 5.13. The van der Waals surface area contributed by atoms with Crippen molar-refractivity contribution < 1.29 is 4.74 Å². The van der Waals surface area contributed by atoms with E-state index in [1.165, 1.54) is 0 Å². The topological polar surface area (TPSA) is 55.2 Å². The van der Waals surface area contributed by atoms with Crippen LogP contribution in [0.1, 0.15) is 5.56 Å². The summed E-state index contributed by atoms with van der Waals surface area (Å²) in [4.78, 5) is 0. The summed E-state index contributed by atoms with van der Waals surface area (Å²) in [5, 5.41) is 12.1. The van der Waals surface area contributed by atoms with Crippen LogP contribution in [-0.4, -0.2) is 28.2 Å². The molecule has 0 radical (unpaired) electrons. The van der Waals surface area contributed by atoms with Gasteiger partial charge in [0.15, 0.2) is 5.82 Å². The van der Waals surface area contributed by atoms with Gasteiger partial charge in [0.2, 0.25) is 4.77 Å². The Hall–Kier alpha value is -1.96. The predicted molar refractivity (Wildman–Crippen MR) is 102 cm³/mol. The van der Waals surface area contributed by atoms with Gasteiger partial charge in [-0.25, -0.2) is 5.10 Å². The summed E-state index contributed by atoms with van der Waals surface area (Å²) >= 11 is 14.6. The second kappa shape index (κ2) is 7.29. The van der Waals surface area contributed by atoms with E-state index in [1.807, 2.05) is 30.3 Å². The van der Waals surface area contributed by atoms with Gasteiger partial charge in [-0.1, -0.05) is 23.7 Å². The van der Waals surface area contributed by atoms with Gasteiger partial charge in [0, 0.05) is 10.6 Å². The fraction of sp³-hybridized carbons (Fsp3) is 0.0625. The lowest BCUT2D eigenvalue weighted by atomic mass is 10.2. The maximum Gasteiger partial charge on any atom is 0.216 e. The second-order valence-corrected chi connectivity index (χ2v) is 6.49. The highest BCUT2D eigenvalue weighted by Crippen LogP contribution is 2.29. The van der Waals surface area contributed by atoms with Gasteiger partial charge in [-0.05, 0) is 64.0 Å². The van der Waals surface area contributed by atoms with E-state index in [4.69, 9.17) is 28.6 Å². The molecule has 0 saturated carbocycles. The van der Waals surface area contributed by atoms with Crippen LogP contribution in [0.2, 0.25) is 5.02 Å². The zero-order valence-electron chi connectivity index (χ0n) is 12.5. The molecule has 0 aliphatic heterocycles. The number of ether oxygens (including phenoxy) is 1. The minimum atomic E-state index is 0.405. The minimum absolute atomic E-state index is 0.405. The summed E-state index contributed by atoms with van der Waals surface area (Å²) in [5.41, 5.74) is 1.76. The van der Waals surface area contributed by atoms with Crippen molar-refractivity contribution in [1.82, 2.24) is 14.9 Å². The van der Waals surface area contributed by atoms with Crippen molar-refractivity contribution in [3.8, 4) is 17.1 Å². The lowest BCUT2D eigenvalue weighted by Crippen LogP contribution is -1.95. The van der Waals surface area contributed by atoms with E-state index in [0.717, 1.165) is 21.3 Å². The fourth-order valence-corrected chi connectivity index (χ4v) is 2.91. The standard InChI is InChI=1S/C16H12BrClN4OS/c1-23-14-7-4-11(8-13(14)17)15-20-21-16(24)22(15)19-9-10-2-5-12(18)6-3-10/h2-9H,1H3,(H,21,24)/b19-9+. The van der Waals surface area contributed by atoms with Crippen LogP contribution in [0.25, 0.3) is 11.4 Å². The van der Waals surface area contributed by atoms with Gasteiger partial charge >= 0.3 is 0 Å². The van der Waals surface area contributed by atoms with E-state index in [-0.39, 0.29) is 0 Å². The summed E-state index contributed by atoms with van der Waals surface area (Å²) in [6, 6.07) is 13.0. The first kappa shape index (κ1) is 16.9. The molecule has 3 rings (SSSR count). The Morgan fingerprint density at radius 3 is 2.71 bits per heavy atom. The molecule has 1 N–H and O–H groups in total. The lowest BCUT2D eigenvalue weighted by molar-refractivity contribution is 0.412. The normalized spacial score (nSPS) is 11.1. The number of aromatic amines is 1. The molecule has 24 heavy (non-hydrogen) atoms. The van der Waals surface area contributed by atoms with Crippen molar-refractivity contribution in [3.05, 3.63) is 62.3 Å². The molecule has 0 bridgehead atoms. The molecule has 0 aliphatic rings. The number of H-pyrrole nitrogens is 1. The molecule has 0 spiro atoms. The summed E-state index contributed by atoms with van der Waals surface area (Å²) in [7, 11) is 1.62. The van der Waals surface area contributed by atoms with Crippen LogP contribution in [0.4, 0.5) is 0 Å². The van der Waals surface area contributed by atoms with Crippen LogP contribution in [0.15, 0.2) is 52.0 Å². The predicted octanol–water partition coefficient (Wildman–Crippen LogP) is 4.91. The first-order valence-corrected chi connectivity index (χ1v) is 8.47. The molecule has 0 amide bonds. The van der Waals surface area contributed by atoms with Gasteiger partial charge in [0.05, 0.1) is 17.8 Å². The average molecular weight is 424 g/mol. The summed E-state index contributed by atoms with van der Waals surface area (Å²) in [6.07, 6.45) is 1.70. The highest BCUT2D eigenvalue weighted by molar-refractivity contribution is 9.10. The highest BCUT2D eigenvalue weighted by Gasteiger charge is 2.10. The monoisotopic (exact) mass is 422 g/mol. The molecule has 1 heterocycles. The SMILES string of the molecule is COc1ccc(-c2n[nH]c(=S)n2/N=C/c2ccc(Cl)cc2)cc1Br. The van der Waals surface area contributed by atoms with Crippen molar-refractivity contribution in [3.63, 3.8) is 0 Å². The van der Waals surface area contributed by atoms with Crippen LogP contribution in [0.5, 0.6) is 5.75 Å². The van der Waals surface area contributed by atoms with Gasteiger partial charge in [-0.3, -0.25) is 0 Å². The van der Waals surface area contributed by atoms with Crippen molar-refractivity contribution in [1.29, 1.82) is 0 Å². The number of hydrogen-bond donors (Lipinski definition) is 1. The van der Waals surface area contributed by atoms with E-state index >= 15 is 0 Å². The Morgan fingerprint density at radius 1 is 1.29 bits per heavy atom. The number of nitrogens with one attached hydrogen (secondary N) is 1. The molecule has 0 atom stereocenters. The average Bonchev–Trinajstić information content (AvgIpc) is 2.95. The zero-order valence-corrected chi connectivity index (χ0v) is 15.7. The maximum atomic E-state index is 5.89. The van der Waals surface area contributed by atoms with Gasteiger partial charge < -0.3 is 4.74 Å². The Morgan fingerprint density at radius 2 is 2.04 bits per heavy atom. The van der Waals surface area contributed by atoms with Gasteiger partial charge in [0.1, 0.15) is 5.75 Å². The molecule has 0 unspecified atom stereocenters. The van der Waals surface area contributed by atoms with Crippen molar-refractivity contribution >= 4 is 46.0 Å². The number of rotatable bonds is 4. The van der Waals surface area contributed by atoms with Crippen LogP contribution in [0.3, 0.4) is 0 Å². The number of hydrogen-bond acceptors (Lipinski definition) is 4. The van der Waals surface area contributed by atoms with Crippen molar-refractivity contribution in [2.45, 2.75) is 0 Å². The Bertz CT molecular complexity index is 949. The van der Waals surface area contributed by atoms with Gasteiger partial charge in [0.25, 0.3) is 0 Å². The fourth-order valence-electron chi connectivity index (χ4n) is 2.06. The third kappa shape index (κ3) is 3.58.